The minimum absolute atomic E-state index is 0.0704. The number of nitrogens with one attached hydrogen (secondary N) is 4. The van der Waals surface area contributed by atoms with Crippen molar-refractivity contribution < 1.29 is 34.2 Å². The highest BCUT2D eigenvalue weighted by atomic mass is 32.2. The standard InChI is InChI=1S/C38H47N5O7S2/c1-37(2)31(42-33(46)28(39)18-24-14-16-27(44)17-15-24)35(48)40-20-30(45)41-29(19-23-10-6-5-7-11-23)34(47)43-32(36(49)50)38(3,4)52-22-26-13-9-8-12-25(26)21-51-37/h5-17,28-29,31-32,44H,18-22,39H2,1-4H3,(H,40,48)(H,41,45)(H,42,46)(H,43,47)(H,49,50)/t28-,29-,31-,32-/m0/s1. The van der Waals surface area contributed by atoms with E-state index in [0.717, 1.165) is 22.3 Å². The molecule has 0 unspecified atom stereocenters. The quantitative estimate of drug-likeness (QED) is 0.189. The third-order valence-electron chi connectivity index (χ3n) is 8.88. The number of aliphatic carboxylic acids is 1. The van der Waals surface area contributed by atoms with Gasteiger partial charge in [0.2, 0.25) is 23.6 Å². The molecule has 4 rings (SSSR count). The molecule has 3 aromatic carbocycles. The molecule has 52 heavy (non-hydrogen) atoms. The molecule has 0 aromatic heterocycles. The average Bonchev–Trinajstić information content (AvgIpc) is 3.10. The number of carbonyl (C=O) groups is 5. The van der Waals surface area contributed by atoms with Gasteiger partial charge < -0.3 is 37.2 Å². The lowest BCUT2D eigenvalue weighted by Crippen LogP contribution is -2.61. The molecule has 0 aliphatic carbocycles. The third-order valence-corrected chi connectivity index (χ3v) is 11.7. The van der Waals surface area contributed by atoms with E-state index in [1.54, 1.807) is 50.2 Å². The fraction of sp³-hybridized carbons (Fsp3) is 0.395. The number of nitrogens with two attached hydrogens (primary N) is 1. The molecule has 3 aromatic rings. The molecule has 12 nitrogen and oxygen atoms in total. The molecule has 4 atom stereocenters. The van der Waals surface area contributed by atoms with Crippen LogP contribution in [0.1, 0.15) is 49.9 Å². The summed E-state index contributed by atoms with van der Waals surface area (Å²) >= 11 is 2.82. The Morgan fingerprint density at radius 1 is 0.827 bits per heavy atom. The highest BCUT2D eigenvalue weighted by Gasteiger charge is 2.40. The number of amides is 4. The number of rotatable bonds is 7. The second kappa shape index (κ2) is 17.8. The summed E-state index contributed by atoms with van der Waals surface area (Å²) < 4.78 is -1.88. The number of phenolic OH excluding ortho intramolecular Hbond substituents is 1. The second-order valence-electron chi connectivity index (χ2n) is 13.8. The van der Waals surface area contributed by atoms with Crippen molar-refractivity contribution in [2.24, 2.45) is 5.73 Å². The topological polar surface area (TPSA) is 200 Å². The number of fused-ring (bicyclic) bond motifs is 1. The van der Waals surface area contributed by atoms with Crippen molar-refractivity contribution in [1.82, 2.24) is 21.3 Å². The molecule has 1 aliphatic rings. The Morgan fingerprint density at radius 2 is 1.40 bits per heavy atom. The number of hydrogen-bond donors (Lipinski definition) is 7. The van der Waals surface area contributed by atoms with Gasteiger partial charge in [0, 0.05) is 27.4 Å². The third kappa shape index (κ3) is 11.2. The van der Waals surface area contributed by atoms with Crippen molar-refractivity contribution in [3.05, 3.63) is 101 Å². The minimum atomic E-state index is -1.29. The number of carbonyl (C=O) groups excluding carboxylic acids is 4. The van der Waals surface area contributed by atoms with Gasteiger partial charge in [0.1, 0.15) is 23.9 Å². The molecular formula is C38H47N5O7S2. The van der Waals surface area contributed by atoms with E-state index in [9.17, 15) is 34.2 Å². The number of hydrogen-bond acceptors (Lipinski definition) is 9. The Bertz CT molecular complexity index is 1740. The van der Waals surface area contributed by atoms with Crippen LogP contribution >= 0.6 is 23.5 Å². The smallest absolute Gasteiger partial charge is 0.327 e. The second-order valence-corrected chi connectivity index (χ2v) is 17.0. The first-order valence-corrected chi connectivity index (χ1v) is 18.9. The van der Waals surface area contributed by atoms with E-state index in [4.69, 9.17) is 5.73 Å². The molecule has 278 valence electrons. The molecule has 0 bridgehead atoms. The van der Waals surface area contributed by atoms with Gasteiger partial charge in [-0.1, -0.05) is 66.7 Å². The summed E-state index contributed by atoms with van der Waals surface area (Å²) in [4.78, 5) is 66.9. The van der Waals surface area contributed by atoms with E-state index >= 15 is 0 Å². The largest absolute Gasteiger partial charge is 0.508 e. The molecule has 1 aliphatic heterocycles. The normalized spacial score (nSPS) is 21.9. The molecule has 0 saturated carbocycles. The van der Waals surface area contributed by atoms with Gasteiger partial charge in [-0.25, -0.2) is 4.79 Å². The minimum Gasteiger partial charge on any atom is -0.508 e. The predicted molar refractivity (Wildman–Crippen MR) is 204 cm³/mol. The summed E-state index contributed by atoms with van der Waals surface area (Å²) in [5, 5.41) is 30.7. The van der Waals surface area contributed by atoms with Crippen LogP contribution in [0.15, 0.2) is 78.9 Å². The fourth-order valence-corrected chi connectivity index (χ4v) is 7.94. The zero-order chi connectivity index (χ0) is 38.1. The van der Waals surface area contributed by atoms with Crippen LogP contribution in [-0.2, 0) is 48.3 Å². The van der Waals surface area contributed by atoms with Crippen molar-refractivity contribution >= 4 is 53.1 Å². The highest BCUT2D eigenvalue weighted by molar-refractivity contribution is 8.00. The van der Waals surface area contributed by atoms with E-state index < -0.39 is 69.8 Å². The molecule has 4 amide bonds. The Hall–Kier alpha value is -4.53. The van der Waals surface area contributed by atoms with E-state index in [-0.39, 0.29) is 18.6 Å². The molecule has 0 radical (unpaired) electrons. The highest BCUT2D eigenvalue weighted by Crippen LogP contribution is 2.36. The van der Waals surface area contributed by atoms with Crippen molar-refractivity contribution in [2.75, 3.05) is 6.54 Å². The van der Waals surface area contributed by atoms with Gasteiger partial charge in [-0.3, -0.25) is 19.2 Å². The first-order valence-electron chi connectivity index (χ1n) is 16.9. The van der Waals surface area contributed by atoms with Gasteiger partial charge in [0.25, 0.3) is 0 Å². The Labute approximate surface area is 312 Å². The SMILES string of the molecule is CC1(C)SCc2ccccc2CSC(C)(C)[C@@H](NC(=O)[C@@H](N)Cc2ccc(O)cc2)C(=O)NCC(=O)N[C@@H](Cc2ccccc2)C(=O)N[C@H]1C(=O)O. The summed E-state index contributed by atoms with van der Waals surface area (Å²) in [5.74, 6) is -2.81. The van der Waals surface area contributed by atoms with E-state index in [2.05, 4.69) is 21.3 Å². The number of benzene rings is 3. The Morgan fingerprint density at radius 3 is 2.00 bits per heavy atom. The van der Waals surface area contributed by atoms with Crippen LogP contribution in [-0.4, -0.2) is 80.0 Å². The zero-order valence-corrected chi connectivity index (χ0v) is 31.3. The molecule has 14 heteroatoms. The first kappa shape index (κ1) is 40.2. The van der Waals surface area contributed by atoms with Crippen molar-refractivity contribution in [2.45, 2.75) is 85.7 Å². The van der Waals surface area contributed by atoms with E-state index in [1.807, 2.05) is 44.2 Å². The predicted octanol–water partition coefficient (Wildman–Crippen LogP) is 2.90. The van der Waals surface area contributed by atoms with Gasteiger partial charge >= 0.3 is 5.97 Å². The number of carboxylic acid groups (broad SMARTS) is 1. The average molecular weight is 750 g/mol. The lowest BCUT2D eigenvalue weighted by molar-refractivity contribution is -0.143. The maximum Gasteiger partial charge on any atom is 0.327 e. The van der Waals surface area contributed by atoms with Crippen LogP contribution in [0.25, 0.3) is 0 Å². The van der Waals surface area contributed by atoms with Gasteiger partial charge in [-0.05, 0) is 68.5 Å². The van der Waals surface area contributed by atoms with E-state index in [0.29, 0.717) is 11.5 Å². The summed E-state index contributed by atoms with van der Waals surface area (Å²) in [6, 6.07) is 18.4. The number of phenols is 1. The molecule has 8 N–H and O–H groups in total. The number of carboxylic acids is 1. The van der Waals surface area contributed by atoms with Gasteiger partial charge in [-0.15, -0.1) is 23.5 Å². The zero-order valence-electron chi connectivity index (χ0n) is 29.7. The van der Waals surface area contributed by atoms with Crippen LogP contribution in [0.3, 0.4) is 0 Å². The first-order chi connectivity index (χ1) is 24.6. The van der Waals surface area contributed by atoms with Gasteiger partial charge in [0.05, 0.1) is 12.6 Å². The Balaban J connectivity index is 1.66. The van der Waals surface area contributed by atoms with Crippen LogP contribution in [0.5, 0.6) is 5.75 Å². The maximum atomic E-state index is 13.9. The fourth-order valence-electron chi connectivity index (χ4n) is 5.67. The number of aromatic hydroxyl groups is 1. The van der Waals surface area contributed by atoms with Gasteiger partial charge in [-0.2, -0.15) is 0 Å². The summed E-state index contributed by atoms with van der Waals surface area (Å²) in [7, 11) is 0. The summed E-state index contributed by atoms with van der Waals surface area (Å²) in [6.45, 7) is 6.65. The van der Waals surface area contributed by atoms with Crippen molar-refractivity contribution in [3.63, 3.8) is 0 Å². The molecular weight excluding hydrogens is 703 g/mol. The lowest BCUT2D eigenvalue weighted by Gasteiger charge is -2.35. The van der Waals surface area contributed by atoms with Crippen LogP contribution in [0, 0.1) is 0 Å². The molecule has 0 spiro atoms. The Kier molecular flexibility index (Phi) is 13.8. The lowest BCUT2D eigenvalue weighted by atomic mass is 10.00. The van der Waals surface area contributed by atoms with Crippen LogP contribution in [0.4, 0.5) is 0 Å². The maximum absolute atomic E-state index is 13.9. The molecule has 1 heterocycles. The van der Waals surface area contributed by atoms with Crippen molar-refractivity contribution in [1.29, 1.82) is 0 Å². The summed E-state index contributed by atoms with van der Waals surface area (Å²) in [6.07, 6.45) is 0.229. The monoisotopic (exact) mass is 749 g/mol. The molecule has 0 saturated heterocycles. The van der Waals surface area contributed by atoms with Crippen LogP contribution in [0.2, 0.25) is 0 Å². The molecule has 0 fully saturated rings. The van der Waals surface area contributed by atoms with E-state index in [1.165, 1.54) is 35.7 Å². The summed E-state index contributed by atoms with van der Waals surface area (Å²) in [5.41, 5.74) is 9.65. The van der Waals surface area contributed by atoms with Gasteiger partial charge in [0.15, 0.2) is 0 Å². The van der Waals surface area contributed by atoms with Crippen molar-refractivity contribution in [3.8, 4) is 5.75 Å². The van der Waals surface area contributed by atoms with Crippen LogP contribution < -0.4 is 27.0 Å². The number of thioether (sulfide) groups is 2.